The van der Waals surface area contributed by atoms with Gasteiger partial charge in [-0.2, -0.15) is 0 Å². The molecule has 8 heteroatoms. The molecule has 34 heavy (non-hydrogen) atoms. The summed E-state index contributed by atoms with van der Waals surface area (Å²) in [5.41, 5.74) is 3.28. The molecule has 0 fully saturated rings. The second-order valence-corrected chi connectivity index (χ2v) is 10.9. The van der Waals surface area contributed by atoms with Gasteiger partial charge in [0.05, 0.1) is 11.9 Å². The molecule has 0 aliphatic rings. The Morgan fingerprint density at radius 3 is 2.09 bits per heavy atom. The molecule has 0 heterocycles. The van der Waals surface area contributed by atoms with Gasteiger partial charge < -0.3 is 10.2 Å². The number of nitrogens with one attached hydrogen (secondary N) is 1. The third-order valence-electron chi connectivity index (χ3n) is 5.47. The Morgan fingerprint density at radius 2 is 1.59 bits per heavy atom. The van der Waals surface area contributed by atoms with E-state index in [0.29, 0.717) is 25.1 Å². The summed E-state index contributed by atoms with van der Waals surface area (Å²) in [4.78, 5) is 28.1. The SMILES string of the molecule is CC[C@H](C(=O)NC(C)C)N(CCc1ccccc1)C(=O)CN(c1cc(C)cc(C)c1)S(C)(=O)=O. The average Bonchev–Trinajstić information content (AvgIpc) is 2.73. The van der Waals surface area contributed by atoms with Crippen LogP contribution < -0.4 is 9.62 Å². The first kappa shape index (κ1) is 27.4. The molecule has 2 aromatic carbocycles. The maximum Gasteiger partial charge on any atom is 0.244 e. The first-order valence-electron chi connectivity index (χ1n) is 11.6. The lowest BCUT2D eigenvalue weighted by Gasteiger charge is -2.33. The van der Waals surface area contributed by atoms with Crippen molar-refractivity contribution in [3.05, 3.63) is 65.2 Å². The van der Waals surface area contributed by atoms with Crippen molar-refractivity contribution in [3.8, 4) is 0 Å². The topological polar surface area (TPSA) is 86.8 Å². The van der Waals surface area contributed by atoms with E-state index in [4.69, 9.17) is 0 Å². The summed E-state index contributed by atoms with van der Waals surface area (Å²) in [5, 5.41) is 2.89. The zero-order valence-electron chi connectivity index (χ0n) is 21.0. The Labute approximate surface area is 204 Å². The summed E-state index contributed by atoms with van der Waals surface area (Å²) in [6.07, 6.45) is 2.07. The number of rotatable bonds is 11. The molecule has 0 aliphatic carbocycles. The van der Waals surface area contributed by atoms with E-state index in [1.165, 1.54) is 4.90 Å². The summed E-state index contributed by atoms with van der Waals surface area (Å²) in [5.74, 6) is -0.650. The van der Waals surface area contributed by atoms with Crippen LogP contribution in [-0.2, 0) is 26.0 Å². The molecule has 2 aromatic rings. The van der Waals surface area contributed by atoms with Crippen LogP contribution in [0.15, 0.2) is 48.5 Å². The number of anilines is 1. The van der Waals surface area contributed by atoms with Crippen LogP contribution in [0.3, 0.4) is 0 Å². The van der Waals surface area contributed by atoms with Gasteiger partial charge in [0.2, 0.25) is 21.8 Å². The van der Waals surface area contributed by atoms with Gasteiger partial charge in [-0.1, -0.05) is 43.3 Å². The Kier molecular flexibility index (Phi) is 9.67. The van der Waals surface area contributed by atoms with Crippen LogP contribution in [0.1, 0.15) is 43.9 Å². The quantitative estimate of drug-likeness (QED) is 0.526. The lowest BCUT2D eigenvalue weighted by atomic mass is 10.1. The highest BCUT2D eigenvalue weighted by atomic mass is 32.2. The molecule has 1 N–H and O–H groups in total. The van der Waals surface area contributed by atoms with Crippen molar-refractivity contribution in [1.82, 2.24) is 10.2 Å². The largest absolute Gasteiger partial charge is 0.352 e. The minimum absolute atomic E-state index is 0.0737. The van der Waals surface area contributed by atoms with Gasteiger partial charge in [-0.3, -0.25) is 13.9 Å². The van der Waals surface area contributed by atoms with E-state index in [9.17, 15) is 18.0 Å². The molecule has 186 valence electrons. The number of hydrogen-bond donors (Lipinski definition) is 1. The van der Waals surface area contributed by atoms with Crippen molar-refractivity contribution in [1.29, 1.82) is 0 Å². The van der Waals surface area contributed by atoms with Crippen molar-refractivity contribution in [2.24, 2.45) is 0 Å². The van der Waals surface area contributed by atoms with E-state index in [2.05, 4.69) is 5.32 Å². The third-order valence-corrected chi connectivity index (χ3v) is 6.62. The van der Waals surface area contributed by atoms with Crippen LogP contribution in [0.5, 0.6) is 0 Å². The Morgan fingerprint density at radius 1 is 1.00 bits per heavy atom. The van der Waals surface area contributed by atoms with Gasteiger partial charge in [-0.15, -0.1) is 0 Å². The van der Waals surface area contributed by atoms with E-state index in [1.807, 2.05) is 71.0 Å². The van der Waals surface area contributed by atoms with Crippen LogP contribution in [-0.4, -0.2) is 56.6 Å². The fraction of sp³-hybridized carbons (Fsp3) is 0.462. The van der Waals surface area contributed by atoms with Gasteiger partial charge >= 0.3 is 0 Å². The predicted molar refractivity (Wildman–Crippen MR) is 137 cm³/mol. The van der Waals surface area contributed by atoms with Crippen LogP contribution in [0.4, 0.5) is 5.69 Å². The zero-order valence-corrected chi connectivity index (χ0v) is 21.9. The predicted octanol–water partition coefficient (Wildman–Crippen LogP) is 3.44. The smallest absolute Gasteiger partial charge is 0.244 e. The molecular formula is C26H37N3O4S. The molecule has 0 bridgehead atoms. The van der Waals surface area contributed by atoms with Gasteiger partial charge in [0, 0.05) is 12.6 Å². The van der Waals surface area contributed by atoms with Crippen LogP contribution >= 0.6 is 0 Å². The molecule has 1 atom stereocenters. The molecule has 0 spiro atoms. The van der Waals surface area contributed by atoms with Crippen molar-refractivity contribution in [2.75, 3.05) is 23.7 Å². The van der Waals surface area contributed by atoms with E-state index in [-0.39, 0.29) is 18.5 Å². The molecule has 2 rings (SSSR count). The Bertz CT molecular complexity index is 1060. The van der Waals surface area contributed by atoms with Crippen molar-refractivity contribution in [3.63, 3.8) is 0 Å². The second kappa shape index (κ2) is 12.0. The molecule has 0 saturated carbocycles. The fourth-order valence-corrected chi connectivity index (χ4v) is 4.82. The summed E-state index contributed by atoms with van der Waals surface area (Å²) in [6.45, 7) is 9.28. The highest BCUT2D eigenvalue weighted by molar-refractivity contribution is 7.92. The minimum atomic E-state index is -3.73. The molecule has 0 aliphatic heterocycles. The maximum absolute atomic E-state index is 13.6. The van der Waals surface area contributed by atoms with E-state index in [0.717, 1.165) is 27.3 Å². The number of carbonyl (C=O) groups is 2. The monoisotopic (exact) mass is 487 g/mol. The van der Waals surface area contributed by atoms with Gasteiger partial charge in [-0.05, 0) is 69.4 Å². The zero-order chi connectivity index (χ0) is 25.5. The summed E-state index contributed by atoms with van der Waals surface area (Å²) >= 11 is 0. The molecule has 0 radical (unpaired) electrons. The standard InChI is InChI=1S/C26H37N3O4S/c1-7-24(26(31)27-19(2)3)28(14-13-22-11-9-8-10-12-22)25(30)18-29(34(6,32)33)23-16-20(4)15-21(5)17-23/h8-12,15-17,19,24H,7,13-14,18H2,1-6H3,(H,27,31)/t24-/m1/s1. The van der Waals surface area contributed by atoms with E-state index >= 15 is 0 Å². The lowest BCUT2D eigenvalue weighted by Crippen LogP contribution is -2.54. The maximum atomic E-state index is 13.6. The van der Waals surface area contributed by atoms with Crippen LogP contribution in [0, 0.1) is 13.8 Å². The molecular weight excluding hydrogens is 450 g/mol. The highest BCUT2D eigenvalue weighted by Crippen LogP contribution is 2.22. The molecule has 2 amide bonds. The van der Waals surface area contributed by atoms with Gasteiger partial charge in [0.1, 0.15) is 12.6 Å². The number of hydrogen-bond acceptors (Lipinski definition) is 4. The number of amides is 2. The minimum Gasteiger partial charge on any atom is -0.352 e. The Hall–Kier alpha value is -2.87. The van der Waals surface area contributed by atoms with Crippen molar-refractivity contribution in [2.45, 2.75) is 59.5 Å². The number of benzene rings is 2. The van der Waals surface area contributed by atoms with Crippen molar-refractivity contribution < 1.29 is 18.0 Å². The van der Waals surface area contributed by atoms with Crippen LogP contribution in [0.25, 0.3) is 0 Å². The van der Waals surface area contributed by atoms with Gasteiger partial charge in [0.15, 0.2) is 0 Å². The van der Waals surface area contributed by atoms with E-state index < -0.39 is 22.0 Å². The highest BCUT2D eigenvalue weighted by Gasteiger charge is 2.31. The molecule has 7 nitrogen and oxygen atoms in total. The number of aryl methyl sites for hydroxylation is 2. The number of sulfonamides is 1. The molecule has 0 unspecified atom stereocenters. The van der Waals surface area contributed by atoms with Gasteiger partial charge in [0.25, 0.3) is 0 Å². The number of nitrogens with zero attached hydrogens (tertiary/aromatic N) is 2. The Balaban J connectivity index is 2.39. The van der Waals surface area contributed by atoms with Crippen LogP contribution in [0.2, 0.25) is 0 Å². The second-order valence-electron chi connectivity index (χ2n) is 9.03. The van der Waals surface area contributed by atoms with Gasteiger partial charge in [-0.25, -0.2) is 8.42 Å². The first-order chi connectivity index (χ1) is 15.9. The normalized spacial score (nSPS) is 12.3. The third kappa shape index (κ3) is 7.87. The summed E-state index contributed by atoms with van der Waals surface area (Å²) in [7, 11) is -3.73. The number of carbonyl (C=O) groups excluding carboxylic acids is 2. The first-order valence-corrected chi connectivity index (χ1v) is 13.5. The lowest BCUT2D eigenvalue weighted by molar-refractivity contribution is -0.139. The van der Waals surface area contributed by atoms with Crippen molar-refractivity contribution >= 4 is 27.5 Å². The van der Waals surface area contributed by atoms with E-state index in [1.54, 1.807) is 12.1 Å². The molecule has 0 saturated heterocycles. The summed E-state index contributed by atoms with van der Waals surface area (Å²) < 4.78 is 26.5. The summed E-state index contributed by atoms with van der Waals surface area (Å²) in [6, 6.07) is 14.4. The average molecular weight is 488 g/mol. The molecule has 0 aromatic heterocycles. The fourth-order valence-electron chi connectivity index (χ4n) is 3.98.